The second-order valence-corrected chi connectivity index (χ2v) is 7.08. The van der Waals surface area contributed by atoms with Gasteiger partial charge in [-0.05, 0) is 37.0 Å². The molecule has 2 N–H and O–H groups in total. The highest BCUT2D eigenvalue weighted by molar-refractivity contribution is 7.89. The lowest BCUT2D eigenvalue weighted by atomic mass is 10.1. The van der Waals surface area contributed by atoms with Crippen molar-refractivity contribution in [1.29, 1.82) is 0 Å². The molecule has 0 spiro atoms. The molecule has 20 heavy (non-hydrogen) atoms. The summed E-state index contributed by atoms with van der Waals surface area (Å²) in [5.41, 5.74) is 7.27. The van der Waals surface area contributed by atoms with Gasteiger partial charge in [-0.1, -0.05) is 12.1 Å². The molecule has 0 saturated carbocycles. The van der Waals surface area contributed by atoms with E-state index in [1.165, 1.54) is 4.31 Å². The summed E-state index contributed by atoms with van der Waals surface area (Å²) in [5, 5.41) is 0. The van der Waals surface area contributed by atoms with Gasteiger partial charge < -0.3 is 10.5 Å². The average molecular weight is 298 g/mol. The van der Waals surface area contributed by atoms with Crippen molar-refractivity contribution in [3.05, 3.63) is 29.3 Å². The molecule has 0 aliphatic carbocycles. The van der Waals surface area contributed by atoms with E-state index >= 15 is 0 Å². The van der Waals surface area contributed by atoms with Crippen LogP contribution in [0.15, 0.2) is 23.1 Å². The van der Waals surface area contributed by atoms with Crippen molar-refractivity contribution < 1.29 is 13.2 Å². The van der Waals surface area contributed by atoms with Crippen molar-refractivity contribution in [2.75, 3.05) is 20.3 Å². The smallest absolute Gasteiger partial charge is 0.243 e. The minimum atomic E-state index is -3.48. The van der Waals surface area contributed by atoms with Gasteiger partial charge in [0.05, 0.1) is 4.90 Å². The molecular weight excluding hydrogens is 276 g/mol. The SMILES string of the molecule is Cc1c(CN)cccc1S(=O)(=O)N(C)C1CCOCC1. The molecule has 0 amide bonds. The predicted octanol–water partition coefficient (Wildman–Crippen LogP) is 1.25. The van der Waals surface area contributed by atoms with Gasteiger partial charge in [-0.15, -0.1) is 0 Å². The molecule has 5 nitrogen and oxygen atoms in total. The van der Waals surface area contributed by atoms with Crippen LogP contribution >= 0.6 is 0 Å². The monoisotopic (exact) mass is 298 g/mol. The summed E-state index contributed by atoms with van der Waals surface area (Å²) in [4.78, 5) is 0.356. The molecule has 1 saturated heterocycles. The highest BCUT2D eigenvalue weighted by Crippen LogP contribution is 2.25. The van der Waals surface area contributed by atoms with Crippen molar-refractivity contribution in [1.82, 2.24) is 4.31 Å². The topological polar surface area (TPSA) is 72.6 Å². The van der Waals surface area contributed by atoms with Gasteiger partial charge in [-0.25, -0.2) is 8.42 Å². The second-order valence-electron chi connectivity index (χ2n) is 5.11. The van der Waals surface area contributed by atoms with Crippen LogP contribution in [0, 0.1) is 6.92 Å². The van der Waals surface area contributed by atoms with E-state index in [9.17, 15) is 8.42 Å². The molecule has 1 aromatic rings. The van der Waals surface area contributed by atoms with Crippen LogP contribution in [-0.4, -0.2) is 39.0 Å². The summed E-state index contributed by atoms with van der Waals surface area (Å²) in [7, 11) is -1.83. The first kappa shape index (κ1) is 15.4. The maximum atomic E-state index is 12.8. The first-order valence-corrected chi connectivity index (χ1v) is 8.27. The van der Waals surface area contributed by atoms with Gasteiger partial charge in [0.25, 0.3) is 0 Å². The Morgan fingerprint density at radius 3 is 2.60 bits per heavy atom. The van der Waals surface area contributed by atoms with Crippen LogP contribution in [-0.2, 0) is 21.3 Å². The molecule has 2 rings (SSSR count). The summed E-state index contributed by atoms with van der Waals surface area (Å²) in [6.07, 6.45) is 1.48. The van der Waals surface area contributed by atoms with Gasteiger partial charge in [0.2, 0.25) is 10.0 Å². The van der Waals surface area contributed by atoms with Crippen LogP contribution in [0.3, 0.4) is 0 Å². The molecule has 1 aliphatic heterocycles. The number of ether oxygens (including phenoxy) is 1. The van der Waals surface area contributed by atoms with Crippen molar-refractivity contribution >= 4 is 10.0 Å². The fourth-order valence-electron chi connectivity index (χ4n) is 2.56. The standard InChI is InChI=1S/C14H22N2O3S/c1-11-12(10-15)4-3-5-14(11)20(17,18)16(2)13-6-8-19-9-7-13/h3-5,13H,6-10,15H2,1-2H3. The molecule has 112 valence electrons. The average Bonchev–Trinajstić information content (AvgIpc) is 2.47. The van der Waals surface area contributed by atoms with Gasteiger partial charge >= 0.3 is 0 Å². The van der Waals surface area contributed by atoms with Crippen LogP contribution in [0.2, 0.25) is 0 Å². The molecule has 6 heteroatoms. The van der Waals surface area contributed by atoms with Crippen molar-refractivity contribution in [2.24, 2.45) is 5.73 Å². The largest absolute Gasteiger partial charge is 0.381 e. The van der Waals surface area contributed by atoms with E-state index in [0.717, 1.165) is 24.0 Å². The van der Waals surface area contributed by atoms with Crippen LogP contribution < -0.4 is 5.73 Å². The van der Waals surface area contributed by atoms with E-state index in [4.69, 9.17) is 10.5 Å². The first-order valence-electron chi connectivity index (χ1n) is 6.83. The third kappa shape index (κ3) is 2.88. The Bertz CT molecular complexity index is 566. The van der Waals surface area contributed by atoms with Crippen LogP contribution in [0.5, 0.6) is 0 Å². The number of hydrogen-bond acceptors (Lipinski definition) is 4. The van der Waals surface area contributed by atoms with Crippen molar-refractivity contribution in [2.45, 2.75) is 37.2 Å². The Hall–Kier alpha value is -0.950. The van der Waals surface area contributed by atoms with E-state index in [1.807, 2.05) is 13.0 Å². The fourth-order valence-corrected chi connectivity index (χ4v) is 4.24. The zero-order chi connectivity index (χ0) is 14.8. The zero-order valence-electron chi connectivity index (χ0n) is 12.0. The number of nitrogens with zero attached hydrogens (tertiary/aromatic N) is 1. The van der Waals surface area contributed by atoms with Gasteiger partial charge in [-0.3, -0.25) is 0 Å². The molecule has 0 radical (unpaired) electrons. The molecule has 1 aromatic carbocycles. The fraction of sp³-hybridized carbons (Fsp3) is 0.571. The van der Waals surface area contributed by atoms with E-state index in [0.29, 0.717) is 24.7 Å². The van der Waals surface area contributed by atoms with Gasteiger partial charge in [0, 0.05) is 32.8 Å². The van der Waals surface area contributed by atoms with Crippen molar-refractivity contribution in [3.63, 3.8) is 0 Å². The third-order valence-electron chi connectivity index (χ3n) is 3.98. The maximum absolute atomic E-state index is 12.8. The van der Waals surface area contributed by atoms with Gasteiger partial charge in [0.15, 0.2) is 0 Å². The summed E-state index contributed by atoms with van der Waals surface area (Å²) in [6, 6.07) is 5.28. The minimum Gasteiger partial charge on any atom is -0.381 e. The van der Waals surface area contributed by atoms with E-state index in [2.05, 4.69) is 0 Å². The zero-order valence-corrected chi connectivity index (χ0v) is 12.8. The Labute approximate surface area is 120 Å². The lowest BCUT2D eigenvalue weighted by Gasteiger charge is -2.31. The Morgan fingerprint density at radius 2 is 2.00 bits per heavy atom. The molecule has 0 aromatic heterocycles. The van der Waals surface area contributed by atoms with E-state index < -0.39 is 10.0 Å². The number of hydrogen-bond donors (Lipinski definition) is 1. The predicted molar refractivity (Wildman–Crippen MR) is 77.9 cm³/mol. The first-order chi connectivity index (χ1) is 9.48. The summed E-state index contributed by atoms with van der Waals surface area (Å²) in [6.45, 7) is 3.39. The normalized spacial score (nSPS) is 17.6. The molecule has 0 unspecified atom stereocenters. The maximum Gasteiger partial charge on any atom is 0.243 e. The highest BCUT2D eigenvalue weighted by atomic mass is 32.2. The number of benzene rings is 1. The molecule has 1 fully saturated rings. The summed E-state index contributed by atoms with van der Waals surface area (Å²) < 4.78 is 32.3. The quantitative estimate of drug-likeness (QED) is 0.908. The Kier molecular flexibility index (Phi) is 4.80. The lowest BCUT2D eigenvalue weighted by Crippen LogP contribution is -2.40. The molecule has 1 heterocycles. The van der Waals surface area contributed by atoms with E-state index in [-0.39, 0.29) is 6.04 Å². The lowest BCUT2D eigenvalue weighted by molar-refractivity contribution is 0.0632. The number of sulfonamides is 1. The highest BCUT2D eigenvalue weighted by Gasteiger charge is 2.30. The number of rotatable bonds is 4. The van der Waals surface area contributed by atoms with Crippen molar-refractivity contribution in [3.8, 4) is 0 Å². The van der Waals surface area contributed by atoms with Crippen LogP contribution in [0.4, 0.5) is 0 Å². The number of nitrogens with two attached hydrogens (primary N) is 1. The molecule has 0 atom stereocenters. The summed E-state index contributed by atoms with van der Waals surface area (Å²) in [5.74, 6) is 0. The molecule has 0 bridgehead atoms. The van der Waals surface area contributed by atoms with Crippen LogP contribution in [0.25, 0.3) is 0 Å². The molecule has 1 aliphatic rings. The van der Waals surface area contributed by atoms with Gasteiger partial charge in [0.1, 0.15) is 0 Å². The third-order valence-corrected chi connectivity index (χ3v) is 6.03. The second kappa shape index (κ2) is 6.22. The van der Waals surface area contributed by atoms with E-state index in [1.54, 1.807) is 19.2 Å². The minimum absolute atomic E-state index is 0.00897. The Balaban J connectivity index is 2.34. The van der Waals surface area contributed by atoms with Gasteiger partial charge in [-0.2, -0.15) is 4.31 Å². The van der Waals surface area contributed by atoms with Crippen LogP contribution in [0.1, 0.15) is 24.0 Å². The Morgan fingerprint density at radius 1 is 1.35 bits per heavy atom. The summed E-state index contributed by atoms with van der Waals surface area (Å²) >= 11 is 0. The molecular formula is C14H22N2O3S.